The van der Waals surface area contributed by atoms with Crippen LogP contribution in [0.3, 0.4) is 0 Å². The van der Waals surface area contributed by atoms with Gasteiger partial charge in [0, 0.05) is 5.56 Å². The summed E-state index contributed by atoms with van der Waals surface area (Å²) < 4.78 is 5.09. The zero-order valence-corrected chi connectivity index (χ0v) is 12.9. The number of benzene rings is 2. The molecule has 0 aromatic heterocycles. The molecule has 0 saturated heterocycles. The molecule has 3 heteroatoms. The van der Waals surface area contributed by atoms with Crippen molar-refractivity contribution in [2.45, 2.75) is 26.8 Å². The number of methoxy groups -OCH3 is 1. The van der Waals surface area contributed by atoms with Crippen LogP contribution in [0.15, 0.2) is 42.5 Å². The Labute approximate surface area is 126 Å². The maximum atomic E-state index is 12.2. The van der Waals surface area contributed by atoms with Gasteiger partial charge in [-0.25, -0.2) is 0 Å². The molecule has 0 saturated carbocycles. The molecule has 0 heterocycles. The van der Waals surface area contributed by atoms with Crippen LogP contribution in [0.5, 0.6) is 5.75 Å². The Hall–Kier alpha value is -2.29. The Bertz CT molecular complexity index is 632. The van der Waals surface area contributed by atoms with Crippen molar-refractivity contribution < 1.29 is 9.53 Å². The largest absolute Gasteiger partial charge is 0.497 e. The summed E-state index contributed by atoms with van der Waals surface area (Å²) in [5.41, 5.74) is 4.23. The first kappa shape index (κ1) is 15.1. The Morgan fingerprint density at radius 1 is 1.05 bits per heavy atom. The van der Waals surface area contributed by atoms with Crippen molar-refractivity contribution in [3.63, 3.8) is 0 Å². The second-order valence-corrected chi connectivity index (χ2v) is 5.27. The third-order valence-electron chi connectivity index (χ3n) is 3.73. The molecule has 110 valence electrons. The van der Waals surface area contributed by atoms with Gasteiger partial charge in [-0.3, -0.25) is 4.79 Å². The average molecular weight is 283 g/mol. The fourth-order valence-corrected chi connectivity index (χ4v) is 2.14. The van der Waals surface area contributed by atoms with Gasteiger partial charge in [0.2, 0.25) is 0 Å². The molecule has 0 spiro atoms. The van der Waals surface area contributed by atoms with Crippen LogP contribution in [0.1, 0.15) is 40.0 Å². The van der Waals surface area contributed by atoms with Crippen molar-refractivity contribution >= 4 is 5.91 Å². The summed E-state index contributed by atoms with van der Waals surface area (Å²) in [6, 6.07) is 13.3. The van der Waals surface area contributed by atoms with E-state index in [1.54, 1.807) is 31.4 Å². The first-order chi connectivity index (χ1) is 10.0. The highest BCUT2D eigenvalue weighted by atomic mass is 16.5. The average Bonchev–Trinajstić information content (AvgIpc) is 2.50. The molecule has 0 bridgehead atoms. The summed E-state index contributed by atoms with van der Waals surface area (Å²) in [6.07, 6.45) is 0. The summed E-state index contributed by atoms with van der Waals surface area (Å²) in [6.45, 7) is 6.15. The van der Waals surface area contributed by atoms with E-state index < -0.39 is 0 Å². The van der Waals surface area contributed by atoms with Crippen LogP contribution in [-0.2, 0) is 0 Å². The van der Waals surface area contributed by atoms with Crippen LogP contribution in [0, 0.1) is 13.8 Å². The van der Waals surface area contributed by atoms with Crippen LogP contribution < -0.4 is 10.1 Å². The number of nitrogens with one attached hydrogen (secondary N) is 1. The lowest BCUT2D eigenvalue weighted by Crippen LogP contribution is -2.26. The molecular weight excluding hydrogens is 262 g/mol. The van der Waals surface area contributed by atoms with Crippen LogP contribution in [0.4, 0.5) is 0 Å². The second kappa shape index (κ2) is 6.44. The summed E-state index contributed by atoms with van der Waals surface area (Å²) in [5.74, 6) is 0.664. The summed E-state index contributed by atoms with van der Waals surface area (Å²) in [4.78, 5) is 12.2. The first-order valence-electron chi connectivity index (χ1n) is 7.03. The fourth-order valence-electron chi connectivity index (χ4n) is 2.14. The lowest BCUT2D eigenvalue weighted by Gasteiger charge is -2.16. The molecule has 0 aliphatic carbocycles. The van der Waals surface area contributed by atoms with Gasteiger partial charge >= 0.3 is 0 Å². The minimum Gasteiger partial charge on any atom is -0.497 e. The number of carbonyl (C=O) groups is 1. The van der Waals surface area contributed by atoms with Gasteiger partial charge in [0.25, 0.3) is 5.91 Å². The Balaban J connectivity index is 2.08. The predicted octanol–water partition coefficient (Wildman–Crippen LogP) is 3.80. The maximum absolute atomic E-state index is 12.2. The van der Waals surface area contributed by atoms with Crippen LogP contribution in [0.25, 0.3) is 0 Å². The van der Waals surface area contributed by atoms with E-state index in [9.17, 15) is 4.79 Å². The number of aryl methyl sites for hydroxylation is 2. The summed E-state index contributed by atoms with van der Waals surface area (Å²) >= 11 is 0. The molecule has 1 amide bonds. The zero-order valence-electron chi connectivity index (χ0n) is 12.9. The standard InChI is InChI=1S/C18H21NO2/c1-12-5-6-16(11-13(12)2)14(3)19-18(20)15-7-9-17(21-4)10-8-15/h5-11,14H,1-4H3,(H,19,20). The van der Waals surface area contributed by atoms with Gasteiger partial charge in [-0.2, -0.15) is 0 Å². The van der Waals surface area contributed by atoms with E-state index in [0.29, 0.717) is 5.56 Å². The normalized spacial score (nSPS) is 11.8. The molecule has 1 N–H and O–H groups in total. The Morgan fingerprint density at radius 2 is 1.71 bits per heavy atom. The second-order valence-electron chi connectivity index (χ2n) is 5.27. The zero-order chi connectivity index (χ0) is 15.4. The Kier molecular flexibility index (Phi) is 4.63. The van der Waals surface area contributed by atoms with Crippen molar-refractivity contribution in [1.29, 1.82) is 0 Å². The molecule has 21 heavy (non-hydrogen) atoms. The van der Waals surface area contributed by atoms with E-state index in [4.69, 9.17) is 4.74 Å². The number of carbonyl (C=O) groups excluding carboxylic acids is 1. The highest BCUT2D eigenvalue weighted by molar-refractivity contribution is 5.94. The lowest BCUT2D eigenvalue weighted by atomic mass is 10.0. The molecule has 1 atom stereocenters. The third-order valence-corrected chi connectivity index (χ3v) is 3.73. The number of rotatable bonds is 4. The summed E-state index contributed by atoms with van der Waals surface area (Å²) in [7, 11) is 1.61. The number of hydrogen-bond donors (Lipinski definition) is 1. The predicted molar refractivity (Wildman–Crippen MR) is 84.8 cm³/mol. The van der Waals surface area contributed by atoms with Gasteiger partial charge in [0.05, 0.1) is 13.2 Å². The molecule has 0 radical (unpaired) electrons. The SMILES string of the molecule is COc1ccc(C(=O)NC(C)c2ccc(C)c(C)c2)cc1. The van der Waals surface area contributed by atoms with Crippen molar-refractivity contribution in [3.8, 4) is 5.75 Å². The van der Waals surface area contributed by atoms with Crippen molar-refractivity contribution in [2.75, 3.05) is 7.11 Å². The number of hydrogen-bond acceptors (Lipinski definition) is 2. The van der Waals surface area contributed by atoms with Gasteiger partial charge in [-0.15, -0.1) is 0 Å². The van der Waals surface area contributed by atoms with Crippen molar-refractivity contribution in [2.24, 2.45) is 0 Å². The van der Waals surface area contributed by atoms with Crippen molar-refractivity contribution in [3.05, 3.63) is 64.7 Å². The molecule has 2 aromatic rings. The minimum atomic E-state index is -0.0802. The van der Waals surface area contributed by atoms with Gasteiger partial charge in [-0.05, 0) is 61.7 Å². The van der Waals surface area contributed by atoms with Gasteiger partial charge in [0.15, 0.2) is 0 Å². The van der Waals surface area contributed by atoms with Gasteiger partial charge < -0.3 is 10.1 Å². The number of amides is 1. The van der Waals surface area contributed by atoms with E-state index in [0.717, 1.165) is 11.3 Å². The van der Waals surface area contributed by atoms with E-state index in [-0.39, 0.29) is 11.9 Å². The molecular formula is C18H21NO2. The van der Waals surface area contributed by atoms with E-state index in [1.807, 2.05) is 6.92 Å². The maximum Gasteiger partial charge on any atom is 0.251 e. The third kappa shape index (κ3) is 3.63. The molecule has 0 aliphatic rings. The highest BCUT2D eigenvalue weighted by Crippen LogP contribution is 2.18. The first-order valence-corrected chi connectivity index (χ1v) is 7.03. The quantitative estimate of drug-likeness (QED) is 0.926. The lowest BCUT2D eigenvalue weighted by molar-refractivity contribution is 0.0940. The van der Waals surface area contributed by atoms with Crippen LogP contribution in [-0.4, -0.2) is 13.0 Å². The highest BCUT2D eigenvalue weighted by Gasteiger charge is 2.12. The molecule has 2 rings (SSSR count). The Morgan fingerprint density at radius 3 is 2.29 bits per heavy atom. The monoisotopic (exact) mass is 283 g/mol. The van der Waals surface area contributed by atoms with E-state index in [2.05, 4.69) is 37.4 Å². The topological polar surface area (TPSA) is 38.3 Å². The smallest absolute Gasteiger partial charge is 0.251 e. The molecule has 3 nitrogen and oxygen atoms in total. The van der Waals surface area contributed by atoms with Crippen molar-refractivity contribution in [1.82, 2.24) is 5.32 Å². The van der Waals surface area contributed by atoms with Crippen LogP contribution >= 0.6 is 0 Å². The van der Waals surface area contributed by atoms with E-state index >= 15 is 0 Å². The van der Waals surface area contributed by atoms with Gasteiger partial charge in [-0.1, -0.05) is 18.2 Å². The molecule has 1 unspecified atom stereocenters. The van der Waals surface area contributed by atoms with E-state index in [1.165, 1.54) is 11.1 Å². The molecule has 2 aromatic carbocycles. The molecule has 0 fully saturated rings. The molecule has 0 aliphatic heterocycles. The number of ether oxygens (including phenoxy) is 1. The summed E-state index contributed by atoms with van der Waals surface area (Å²) in [5, 5.41) is 3.02. The fraction of sp³-hybridized carbons (Fsp3) is 0.278. The van der Waals surface area contributed by atoms with Gasteiger partial charge in [0.1, 0.15) is 5.75 Å². The van der Waals surface area contributed by atoms with Crippen LogP contribution in [0.2, 0.25) is 0 Å². The minimum absolute atomic E-state index is 0.0288.